The number of piperazine rings is 1. The van der Waals surface area contributed by atoms with Gasteiger partial charge in [0.1, 0.15) is 17.7 Å². The quantitative estimate of drug-likeness (QED) is 0.641. The number of nitrogens with one attached hydrogen (secondary N) is 2. The van der Waals surface area contributed by atoms with Gasteiger partial charge in [0.25, 0.3) is 0 Å². The first-order chi connectivity index (χ1) is 15.3. The maximum atomic E-state index is 13.9. The van der Waals surface area contributed by atoms with Crippen molar-refractivity contribution in [3.8, 4) is 5.69 Å². The largest absolute Gasteiger partial charge is 0.353 e. The van der Waals surface area contributed by atoms with E-state index in [-0.39, 0.29) is 18.1 Å². The average Bonchev–Trinajstić information content (AvgIpc) is 3.05. The predicted octanol–water partition coefficient (Wildman–Crippen LogP) is 2.88. The Morgan fingerprint density at radius 1 is 1.19 bits per heavy atom. The van der Waals surface area contributed by atoms with Crippen LogP contribution in [0.4, 0.5) is 14.5 Å². The van der Waals surface area contributed by atoms with E-state index in [2.05, 4.69) is 15.7 Å². The van der Waals surface area contributed by atoms with Crippen LogP contribution in [0.25, 0.3) is 5.69 Å². The number of anilines is 1. The molecule has 1 atom stereocenters. The number of hydrogen-bond donors (Lipinski definition) is 2. The molecule has 1 unspecified atom stereocenters. The highest BCUT2D eigenvalue weighted by molar-refractivity contribution is 5.93. The fourth-order valence-electron chi connectivity index (χ4n) is 4.03. The van der Waals surface area contributed by atoms with Gasteiger partial charge in [-0.15, -0.1) is 0 Å². The van der Waals surface area contributed by atoms with E-state index in [0.29, 0.717) is 24.8 Å². The van der Waals surface area contributed by atoms with E-state index in [1.54, 1.807) is 9.58 Å². The zero-order chi connectivity index (χ0) is 22.8. The molecule has 1 aliphatic rings. The van der Waals surface area contributed by atoms with Crippen molar-refractivity contribution >= 4 is 17.5 Å². The third-order valence-corrected chi connectivity index (χ3v) is 5.49. The highest BCUT2D eigenvalue weighted by atomic mass is 19.1. The van der Waals surface area contributed by atoms with Gasteiger partial charge >= 0.3 is 0 Å². The summed E-state index contributed by atoms with van der Waals surface area (Å²) in [5, 5.41) is 9.92. The Morgan fingerprint density at radius 2 is 1.94 bits per heavy atom. The van der Waals surface area contributed by atoms with Crippen LogP contribution in [0, 0.1) is 25.5 Å². The molecular weight excluding hydrogens is 416 g/mol. The highest BCUT2D eigenvalue weighted by Crippen LogP contribution is 2.30. The molecule has 0 saturated carbocycles. The molecule has 0 bridgehead atoms. The summed E-state index contributed by atoms with van der Waals surface area (Å²) in [5.41, 5.74) is 2.96. The number of amides is 2. The van der Waals surface area contributed by atoms with Crippen LogP contribution in [0.5, 0.6) is 0 Å². The molecule has 0 radical (unpaired) electrons. The fourth-order valence-corrected chi connectivity index (χ4v) is 4.03. The fraction of sp³-hybridized carbons (Fsp3) is 0.261. The predicted molar refractivity (Wildman–Crippen MR) is 115 cm³/mol. The van der Waals surface area contributed by atoms with Crippen LogP contribution < -0.4 is 10.6 Å². The van der Waals surface area contributed by atoms with E-state index < -0.39 is 23.6 Å². The summed E-state index contributed by atoms with van der Waals surface area (Å²) in [6.07, 6.45) is 0. The van der Waals surface area contributed by atoms with Crippen molar-refractivity contribution in [2.75, 3.05) is 25.0 Å². The standard InChI is InChI=1S/C23H23F2N5O2/c1-14-21(15(2)30(28-14)17-6-4-3-5-7-17)22-23(32)26-10-11-29(22)13-20(31)27-19-9-8-16(24)12-18(19)25/h3-9,12,22H,10-11,13H2,1-2H3,(H,26,32)(H,27,31). The Labute approximate surface area is 184 Å². The lowest BCUT2D eigenvalue weighted by molar-refractivity contribution is -0.130. The number of para-hydroxylation sites is 1. The van der Waals surface area contributed by atoms with Gasteiger partial charge in [0.05, 0.1) is 23.6 Å². The lowest BCUT2D eigenvalue weighted by Crippen LogP contribution is -2.52. The van der Waals surface area contributed by atoms with Crippen molar-refractivity contribution in [2.45, 2.75) is 19.9 Å². The topological polar surface area (TPSA) is 79.3 Å². The zero-order valence-electron chi connectivity index (χ0n) is 17.7. The summed E-state index contributed by atoms with van der Waals surface area (Å²) >= 11 is 0. The first-order valence-electron chi connectivity index (χ1n) is 10.2. The van der Waals surface area contributed by atoms with E-state index in [1.807, 2.05) is 44.2 Å². The number of halogens is 2. The Kier molecular flexibility index (Phi) is 6.00. The number of carbonyl (C=O) groups is 2. The van der Waals surface area contributed by atoms with Gasteiger partial charge in [-0.1, -0.05) is 18.2 Å². The minimum Gasteiger partial charge on any atom is -0.353 e. The molecule has 4 rings (SSSR count). The van der Waals surface area contributed by atoms with Crippen LogP contribution in [0.1, 0.15) is 23.0 Å². The van der Waals surface area contributed by atoms with E-state index in [1.165, 1.54) is 6.07 Å². The second-order valence-corrected chi connectivity index (χ2v) is 7.67. The summed E-state index contributed by atoms with van der Waals surface area (Å²) in [6, 6.07) is 11.8. The van der Waals surface area contributed by atoms with E-state index >= 15 is 0 Å². The second kappa shape index (κ2) is 8.88. The SMILES string of the molecule is Cc1nn(-c2ccccc2)c(C)c1C1C(=O)NCCN1CC(=O)Nc1ccc(F)cc1F. The Bertz CT molecular complexity index is 1160. The zero-order valence-corrected chi connectivity index (χ0v) is 17.7. The van der Waals surface area contributed by atoms with Crippen LogP contribution in [-0.4, -0.2) is 46.1 Å². The summed E-state index contributed by atoms with van der Waals surface area (Å²) in [4.78, 5) is 27.2. The minimum atomic E-state index is -0.859. The molecule has 1 aromatic heterocycles. The van der Waals surface area contributed by atoms with Gasteiger partial charge in [-0.3, -0.25) is 14.5 Å². The number of aryl methyl sites for hydroxylation is 1. The van der Waals surface area contributed by atoms with Crippen LogP contribution in [-0.2, 0) is 9.59 Å². The molecule has 2 aromatic carbocycles. The third-order valence-electron chi connectivity index (χ3n) is 5.49. The highest BCUT2D eigenvalue weighted by Gasteiger charge is 2.36. The summed E-state index contributed by atoms with van der Waals surface area (Å²) in [5.74, 6) is -2.31. The molecule has 3 aromatic rings. The van der Waals surface area contributed by atoms with E-state index in [0.717, 1.165) is 23.0 Å². The number of carbonyl (C=O) groups excluding carboxylic acids is 2. The van der Waals surface area contributed by atoms with Crippen LogP contribution in [0.3, 0.4) is 0 Å². The number of rotatable bonds is 5. The smallest absolute Gasteiger partial charge is 0.242 e. The Hall–Kier alpha value is -3.59. The van der Waals surface area contributed by atoms with Crippen molar-refractivity contribution in [1.29, 1.82) is 0 Å². The third kappa shape index (κ3) is 4.24. The monoisotopic (exact) mass is 439 g/mol. The van der Waals surface area contributed by atoms with Gasteiger partial charge in [-0.05, 0) is 38.1 Å². The van der Waals surface area contributed by atoms with Gasteiger partial charge < -0.3 is 10.6 Å². The molecule has 2 heterocycles. The first kappa shape index (κ1) is 21.6. The maximum Gasteiger partial charge on any atom is 0.242 e. The van der Waals surface area contributed by atoms with Gasteiger partial charge in [0.2, 0.25) is 11.8 Å². The molecule has 9 heteroatoms. The van der Waals surface area contributed by atoms with Gasteiger partial charge in [-0.2, -0.15) is 5.10 Å². The van der Waals surface area contributed by atoms with Gasteiger partial charge in [0.15, 0.2) is 0 Å². The van der Waals surface area contributed by atoms with Gasteiger partial charge in [0, 0.05) is 30.4 Å². The molecule has 7 nitrogen and oxygen atoms in total. The molecule has 2 amide bonds. The van der Waals surface area contributed by atoms with E-state index in [4.69, 9.17) is 0 Å². The maximum absolute atomic E-state index is 13.9. The van der Waals surface area contributed by atoms with Crippen molar-refractivity contribution in [3.63, 3.8) is 0 Å². The molecule has 1 fully saturated rings. The molecular formula is C23H23F2N5O2. The number of benzene rings is 2. The molecule has 166 valence electrons. The second-order valence-electron chi connectivity index (χ2n) is 7.67. The van der Waals surface area contributed by atoms with Crippen molar-refractivity contribution in [3.05, 3.63) is 77.1 Å². The Balaban J connectivity index is 1.60. The Morgan fingerprint density at radius 3 is 2.66 bits per heavy atom. The van der Waals surface area contributed by atoms with E-state index in [9.17, 15) is 18.4 Å². The molecule has 1 saturated heterocycles. The molecule has 2 N–H and O–H groups in total. The molecule has 0 aliphatic carbocycles. The van der Waals surface area contributed by atoms with Crippen molar-refractivity contribution in [1.82, 2.24) is 20.0 Å². The summed E-state index contributed by atoms with van der Waals surface area (Å²) in [7, 11) is 0. The number of hydrogen-bond acceptors (Lipinski definition) is 4. The van der Waals surface area contributed by atoms with Crippen molar-refractivity contribution < 1.29 is 18.4 Å². The van der Waals surface area contributed by atoms with Gasteiger partial charge in [-0.25, -0.2) is 13.5 Å². The molecule has 32 heavy (non-hydrogen) atoms. The van der Waals surface area contributed by atoms with Crippen molar-refractivity contribution in [2.24, 2.45) is 0 Å². The first-order valence-corrected chi connectivity index (χ1v) is 10.2. The van der Waals surface area contributed by atoms with Crippen LogP contribution >= 0.6 is 0 Å². The summed E-state index contributed by atoms with van der Waals surface area (Å²) in [6.45, 7) is 4.40. The van der Waals surface area contributed by atoms with Crippen LogP contribution in [0.15, 0.2) is 48.5 Å². The minimum absolute atomic E-state index is 0.112. The van der Waals surface area contributed by atoms with Crippen LogP contribution in [0.2, 0.25) is 0 Å². The number of aromatic nitrogens is 2. The lowest BCUT2D eigenvalue weighted by atomic mass is 10.00. The molecule has 0 spiro atoms. The lowest BCUT2D eigenvalue weighted by Gasteiger charge is -2.34. The molecule has 1 aliphatic heterocycles. The number of nitrogens with zero attached hydrogens (tertiary/aromatic N) is 3. The normalized spacial score (nSPS) is 16.6. The average molecular weight is 439 g/mol. The summed E-state index contributed by atoms with van der Waals surface area (Å²) < 4.78 is 28.8.